The maximum atomic E-state index is 5.38. The molecule has 6 nitrogen and oxygen atoms in total. The van der Waals surface area contributed by atoms with Crippen molar-refractivity contribution in [2.45, 2.75) is 6.92 Å². The van der Waals surface area contributed by atoms with Gasteiger partial charge in [0.1, 0.15) is 5.69 Å². The van der Waals surface area contributed by atoms with E-state index in [1.54, 1.807) is 0 Å². The molecule has 0 bridgehead atoms. The molecule has 0 unspecified atom stereocenters. The van der Waals surface area contributed by atoms with Crippen molar-refractivity contribution in [3.8, 4) is 22.8 Å². The summed E-state index contributed by atoms with van der Waals surface area (Å²) in [6, 6.07) is 9.98. The van der Waals surface area contributed by atoms with E-state index in [9.17, 15) is 0 Å². The minimum atomic E-state index is 0.0384. The number of nitrogen functional groups attached to an aromatic ring is 1. The Morgan fingerprint density at radius 2 is 1.94 bits per heavy atom. The maximum absolute atomic E-state index is 5.38. The predicted octanol–water partition coefficient (Wildman–Crippen LogP) is 2.02. The lowest BCUT2D eigenvalue weighted by Crippen LogP contribution is -1.81. The van der Waals surface area contributed by atoms with Gasteiger partial charge in [0.15, 0.2) is 0 Å². The van der Waals surface area contributed by atoms with Gasteiger partial charge in [-0.15, -0.1) is 5.10 Å². The first-order chi connectivity index (χ1) is 8.72. The summed E-state index contributed by atoms with van der Waals surface area (Å²) in [6.07, 6.45) is 0. The Kier molecular flexibility index (Phi) is 2.33. The number of aryl methyl sites for hydroxylation is 1. The Balaban J connectivity index is 1.96. The molecule has 2 heterocycles. The molecule has 2 aromatic heterocycles. The van der Waals surface area contributed by atoms with Crippen LogP contribution in [0.4, 0.5) is 6.01 Å². The molecule has 0 saturated carbocycles. The largest absolute Gasteiger partial charge is 0.402 e. The first-order valence-corrected chi connectivity index (χ1v) is 5.44. The van der Waals surface area contributed by atoms with Gasteiger partial charge in [-0.25, -0.2) is 0 Å². The Morgan fingerprint density at radius 1 is 1.17 bits per heavy atom. The van der Waals surface area contributed by atoms with Gasteiger partial charge in [-0.1, -0.05) is 34.9 Å². The van der Waals surface area contributed by atoms with Crippen LogP contribution in [0.3, 0.4) is 0 Å². The number of benzene rings is 1. The van der Waals surface area contributed by atoms with Crippen LogP contribution in [0.25, 0.3) is 22.8 Å². The van der Waals surface area contributed by atoms with E-state index in [4.69, 9.17) is 10.2 Å². The molecule has 0 saturated heterocycles. The van der Waals surface area contributed by atoms with E-state index in [1.165, 1.54) is 5.56 Å². The number of rotatable bonds is 2. The van der Waals surface area contributed by atoms with E-state index >= 15 is 0 Å². The van der Waals surface area contributed by atoms with Crippen molar-refractivity contribution in [3.63, 3.8) is 0 Å². The van der Waals surface area contributed by atoms with Gasteiger partial charge in [0.05, 0.1) is 5.69 Å². The van der Waals surface area contributed by atoms with Crippen molar-refractivity contribution in [2.24, 2.45) is 0 Å². The van der Waals surface area contributed by atoms with Crippen LogP contribution in [0.2, 0.25) is 0 Å². The number of hydrogen-bond donors (Lipinski definition) is 2. The Labute approximate surface area is 103 Å². The fourth-order valence-electron chi connectivity index (χ4n) is 1.65. The molecule has 90 valence electrons. The zero-order valence-corrected chi connectivity index (χ0v) is 9.71. The van der Waals surface area contributed by atoms with Crippen molar-refractivity contribution < 1.29 is 4.42 Å². The first kappa shape index (κ1) is 10.5. The minimum absolute atomic E-state index is 0.0384. The second-order valence-corrected chi connectivity index (χ2v) is 3.98. The number of aromatic nitrogens is 4. The quantitative estimate of drug-likeness (QED) is 0.715. The van der Waals surface area contributed by atoms with Crippen molar-refractivity contribution in [1.82, 2.24) is 20.4 Å². The second-order valence-electron chi connectivity index (χ2n) is 3.98. The van der Waals surface area contributed by atoms with Crippen molar-refractivity contribution in [3.05, 3.63) is 35.9 Å². The van der Waals surface area contributed by atoms with Crippen molar-refractivity contribution in [2.75, 3.05) is 5.73 Å². The van der Waals surface area contributed by atoms with E-state index in [0.717, 1.165) is 11.3 Å². The zero-order chi connectivity index (χ0) is 12.5. The third kappa shape index (κ3) is 1.84. The molecule has 6 heteroatoms. The molecule has 1 aromatic carbocycles. The Morgan fingerprint density at radius 3 is 2.61 bits per heavy atom. The van der Waals surface area contributed by atoms with Crippen LogP contribution in [0.15, 0.2) is 34.7 Å². The molecule has 0 radical (unpaired) electrons. The lowest BCUT2D eigenvalue weighted by Gasteiger charge is -1.95. The van der Waals surface area contributed by atoms with Crippen molar-refractivity contribution in [1.29, 1.82) is 0 Å². The molecule has 0 aliphatic heterocycles. The fourth-order valence-corrected chi connectivity index (χ4v) is 1.65. The van der Waals surface area contributed by atoms with Gasteiger partial charge < -0.3 is 10.2 Å². The highest BCUT2D eigenvalue weighted by Gasteiger charge is 2.10. The average Bonchev–Trinajstić information content (AvgIpc) is 2.98. The normalized spacial score (nSPS) is 10.7. The standard InChI is InChI=1S/C12H11N5O/c1-7-2-4-8(5-3-7)9-6-10(15-14-9)11-16-17-12(13)18-11/h2-6H,1H3,(H2,13,17)(H,14,15). The van der Waals surface area contributed by atoms with Crippen LogP contribution in [0.1, 0.15) is 5.56 Å². The Hall–Kier alpha value is -2.63. The van der Waals surface area contributed by atoms with Crippen LogP contribution < -0.4 is 5.73 Å². The van der Waals surface area contributed by atoms with E-state index < -0.39 is 0 Å². The highest BCUT2D eigenvalue weighted by atomic mass is 16.4. The van der Waals surface area contributed by atoms with Gasteiger partial charge in [0.2, 0.25) is 0 Å². The van der Waals surface area contributed by atoms with Gasteiger partial charge in [0, 0.05) is 5.56 Å². The average molecular weight is 241 g/mol. The first-order valence-electron chi connectivity index (χ1n) is 5.44. The van der Waals surface area contributed by atoms with Crippen LogP contribution in [-0.2, 0) is 0 Å². The lowest BCUT2D eigenvalue weighted by atomic mass is 10.1. The monoisotopic (exact) mass is 241 g/mol. The van der Waals surface area contributed by atoms with Gasteiger partial charge in [0.25, 0.3) is 5.89 Å². The number of nitrogens with one attached hydrogen (secondary N) is 1. The van der Waals surface area contributed by atoms with Crippen LogP contribution >= 0.6 is 0 Å². The third-order valence-electron chi connectivity index (χ3n) is 2.60. The lowest BCUT2D eigenvalue weighted by molar-refractivity contribution is 0.587. The summed E-state index contributed by atoms with van der Waals surface area (Å²) < 4.78 is 5.12. The van der Waals surface area contributed by atoms with Crippen LogP contribution in [0, 0.1) is 6.92 Å². The molecule has 0 amide bonds. The summed E-state index contributed by atoms with van der Waals surface area (Å²) in [6.45, 7) is 2.04. The van der Waals surface area contributed by atoms with E-state index in [0.29, 0.717) is 11.6 Å². The molecule has 0 atom stereocenters. The molecule has 0 spiro atoms. The molecular weight excluding hydrogens is 230 g/mol. The molecule has 3 N–H and O–H groups in total. The number of H-pyrrole nitrogens is 1. The number of aromatic amines is 1. The molecule has 3 rings (SSSR count). The van der Waals surface area contributed by atoms with Gasteiger partial charge in [-0.3, -0.25) is 5.10 Å². The molecule has 0 aliphatic rings. The summed E-state index contributed by atoms with van der Waals surface area (Å²) in [5.41, 5.74) is 9.08. The SMILES string of the molecule is Cc1ccc(-c2cc(-c3nnc(N)o3)[nH]n2)cc1. The van der Waals surface area contributed by atoms with Gasteiger partial charge in [-0.05, 0) is 13.0 Å². The Bertz CT molecular complexity index is 668. The van der Waals surface area contributed by atoms with Crippen molar-refractivity contribution >= 4 is 6.01 Å². The highest BCUT2D eigenvalue weighted by molar-refractivity contribution is 5.64. The van der Waals surface area contributed by atoms with E-state index in [-0.39, 0.29) is 6.01 Å². The topological polar surface area (TPSA) is 93.6 Å². The number of anilines is 1. The number of nitrogens with two attached hydrogens (primary N) is 1. The van der Waals surface area contributed by atoms with Crippen LogP contribution in [0.5, 0.6) is 0 Å². The van der Waals surface area contributed by atoms with E-state index in [1.807, 2.05) is 37.3 Å². The molecule has 0 aliphatic carbocycles. The third-order valence-corrected chi connectivity index (χ3v) is 2.60. The maximum Gasteiger partial charge on any atom is 0.313 e. The summed E-state index contributed by atoms with van der Waals surface area (Å²) in [5.74, 6) is 0.332. The van der Waals surface area contributed by atoms with E-state index in [2.05, 4.69) is 20.4 Å². The minimum Gasteiger partial charge on any atom is -0.402 e. The number of hydrogen-bond acceptors (Lipinski definition) is 5. The summed E-state index contributed by atoms with van der Waals surface area (Å²) in [4.78, 5) is 0. The highest BCUT2D eigenvalue weighted by Crippen LogP contribution is 2.23. The predicted molar refractivity (Wildman–Crippen MR) is 66.5 cm³/mol. The van der Waals surface area contributed by atoms with Gasteiger partial charge in [-0.2, -0.15) is 5.10 Å². The number of nitrogens with zero attached hydrogens (tertiary/aromatic N) is 3. The fraction of sp³-hybridized carbons (Fsp3) is 0.0833. The summed E-state index contributed by atoms with van der Waals surface area (Å²) in [7, 11) is 0. The molecule has 3 aromatic rings. The smallest absolute Gasteiger partial charge is 0.313 e. The molecular formula is C12H11N5O. The second kappa shape index (κ2) is 3.99. The zero-order valence-electron chi connectivity index (χ0n) is 9.71. The molecule has 18 heavy (non-hydrogen) atoms. The van der Waals surface area contributed by atoms with Gasteiger partial charge >= 0.3 is 6.01 Å². The summed E-state index contributed by atoms with van der Waals surface area (Å²) in [5, 5.41) is 14.4. The summed E-state index contributed by atoms with van der Waals surface area (Å²) >= 11 is 0. The molecule has 0 fully saturated rings. The van der Waals surface area contributed by atoms with Crippen LogP contribution in [-0.4, -0.2) is 20.4 Å².